The summed E-state index contributed by atoms with van der Waals surface area (Å²) in [7, 11) is 0. The average Bonchev–Trinajstić information content (AvgIpc) is 3.01. The van der Waals surface area contributed by atoms with Crippen LogP contribution in [0, 0.1) is 0 Å². The quantitative estimate of drug-likeness (QED) is 0.784. The lowest BCUT2D eigenvalue weighted by atomic mass is 9.87. The first-order valence-corrected chi connectivity index (χ1v) is 9.08. The molecule has 0 aliphatic carbocycles. The van der Waals surface area contributed by atoms with Crippen LogP contribution in [0.5, 0.6) is 0 Å². The summed E-state index contributed by atoms with van der Waals surface area (Å²) in [6, 6.07) is 8.26. The minimum absolute atomic E-state index is 0.0673. The summed E-state index contributed by atoms with van der Waals surface area (Å²) in [6.07, 6.45) is 6.34. The Hall–Kier alpha value is -1.65. The smallest absolute Gasteiger partial charge is 0.241 e. The number of amides is 1. The van der Waals surface area contributed by atoms with Crippen LogP contribution in [0.2, 0.25) is 0 Å². The van der Waals surface area contributed by atoms with Gasteiger partial charge in [-0.25, -0.2) is 0 Å². The number of carbonyl (C=O) groups excluding carboxylic acids is 1. The maximum atomic E-state index is 12.7. The van der Waals surface area contributed by atoms with Gasteiger partial charge in [-0.05, 0) is 44.2 Å². The lowest BCUT2D eigenvalue weighted by molar-refractivity contribution is -0.121. The molecule has 1 fully saturated rings. The van der Waals surface area contributed by atoms with Gasteiger partial charge in [0.15, 0.2) is 0 Å². The monoisotopic (exact) mass is 326 g/mol. The molecule has 4 rings (SSSR count). The summed E-state index contributed by atoms with van der Waals surface area (Å²) in [5.41, 5.74) is 3.77. The third-order valence-corrected chi connectivity index (χ3v) is 5.64. The molecule has 24 heavy (non-hydrogen) atoms. The van der Waals surface area contributed by atoms with Crippen LogP contribution in [-0.4, -0.2) is 49.2 Å². The van der Waals surface area contributed by atoms with E-state index < -0.39 is 0 Å². The topological polar surface area (TPSA) is 32.8 Å². The van der Waals surface area contributed by atoms with Crippen LogP contribution in [0.15, 0.2) is 35.9 Å². The van der Waals surface area contributed by atoms with Crippen molar-refractivity contribution in [2.75, 3.05) is 37.7 Å². The normalized spacial score (nSPS) is 23.2. The summed E-state index contributed by atoms with van der Waals surface area (Å²) in [5, 5.41) is 0. The van der Waals surface area contributed by atoms with Gasteiger partial charge in [-0.3, -0.25) is 9.69 Å². The number of piperidine rings is 1. The molecule has 4 heteroatoms. The first-order chi connectivity index (χ1) is 11.7. The highest BCUT2D eigenvalue weighted by Gasteiger charge is 2.36. The van der Waals surface area contributed by atoms with E-state index in [-0.39, 0.29) is 11.5 Å². The van der Waals surface area contributed by atoms with E-state index in [1.165, 1.54) is 11.1 Å². The van der Waals surface area contributed by atoms with E-state index in [0.717, 1.165) is 57.6 Å². The Labute approximate surface area is 144 Å². The molecule has 0 atom stereocenters. The molecule has 0 bridgehead atoms. The van der Waals surface area contributed by atoms with E-state index in [1.54, 1.807) is 0 Å². The van der Waals surface area contributed by atoms with Crippen molar-refractivity contribution >= 4 is 11.6 Å². The maximum absolute atomic E-state index is 12.7. The number of nitrogens with zero attached hydrogens (tertiary/aromatic N) is 2. The Balaban J connectivity index is 1.36. The number of rotatable bonds is 2. The zero-order valence-electron chi connectivity index (χ0n) is 14.5. The largest absolute Gasteiger partial charge is 0.370 e. The van der Waals surface area contributed by atoms with Gasteiger partial charge < -0.3 is 9.64 Å². The second kappa shape index (κ2) is 6.34. The van der Waals surface area contributed by atoms with Gasteiger partial charge in [0, 0.05) is 25.3 Å². The zero-order chi connectivity index (χ0) is 16.6. The predicted octanol–water partition coefficient (Wildman–Crippen LogP) is 2.78. The van der Waals surface area contributed by atoms with Gasteiger partial charge in [0.25, 0.3) is 0 Å². The molecule has 1 spiro atoms. The molecular formula is C20H26N2O2. The molecule has 3 aliphatic rings. The molecule has 3 heterocycles. The summed E-state index contributed by atoms with van der Waals surface area (Å²) in [6.45, 7) is 6.25. The van der Waals surface area contributed by atoms with E-state index >= 15 is 0 Å². The fraction of sp³-hybridized carbons (Fsp3) is 0.550. The van der Waals surface area contributed by atoms with Crippen molar-refractivity contribution < 1.29 is 9.53 Å². The van der Waals surface area contributed by atoms with Crippen molar-refractivity contribution in [1.82, 2.24) is 4.90 Å². The zero-order valence-corrected chi connectivity index (χ0v) is 14.5. The molecular weight excluding hydrogens is 300 g/mol. The molecule has 4 nitrogen and oxygen atoms in total. The van der Waals surface area contributed by atoms with Crippen molar-refractivity contribution in [2.45, 2.75) is 38.2 Å². The van der Waals surface area contributed by atoms with E-state index in [1.807, 2.05) is 11.0 Å². The van der Waals surface area contributed by atoms with Gasteiger partial charge in [0.2, 0.25) is 5.91 Å². The van der Waals surface area contributed by atoms with Crippen molar-refractivity contribution in [3.63, 3.8) is 0 Å². The van der Waals surface area contributed by atoms with Crippen LogP contribution in [0.25, 0.3) is 0 Å². The van der Waals surface area contributed by atoms with Crippen LogP contribution in [0.1, 0.15) is 31.7 Å². The number of likely N-dealkylation sites (tertiary alicyclic amines) is 1. The highest BCUT2D eigenvalue weighted by molar-refractivity contribution is 5.96. The molecule has 3 aliphatic heterocycles. The van der Waals surface area contributed by atoms with Gasteiger partial charge in [0.1, 0.15) is 0 Å². The second-order valence-electron chi connectivity index (χ2n) is 7.35. The molecule has 0 radical (unpaired) electrons. The van der Waals surface area contributed by atoms with Gasteiger partial charge in [0.05, 0.1) is 18.8 Å². The lowest BCUT2D eigenvalue weighted by Gasteiger charge is -2.42. The van der Waals surface area contributed by atoms with Crippen LogP contribution < -0.4 is 4.90 Å². The maximum Gasteiger partial charge on any atom is 0.241 e. The molecule has 128 valence electrons. The predicted molar refractivity (Wildman–Crippen MR) is 95.2 cm³/mol. The number of anilines is 1. The molecule has 1 amide bonds. The minimum atomic E-state index is -0.0673. The Morgan fingerprint density at radius 2 is 1.96 bits per heavy atom. The molecule has 1 aromatic carbocycles. The number of ether oxygens (including phenoxy) is 1. The summed E-state index contributed by atoms with van der Waals surface area (Å²) < 4.78 is 6.08. The SMILES string of the molecule is CC1=CC2(CCN(CC(=O)N3CCc4ccccc43)CC2)OCC1. The number of para-hydroxylation sites is 1. The van der Waals surface area contributed by atoms with Crippen molar-refractivity contribution in [2.24, 2.45) is 0 Å². The summed E-state index contributed by atoms with van der Waals surface area (Å²) in [4.78, 5) is 17.0. The Bertz CT molecular complexity index is 659. The third-order valence-electron chi connectivity index (χ3n) is 5.64. The Morgan fingerprint density at radius 3 is 2.75 bits per heavy atom. The van der Waals surface area contributed by atoms with E-state index in [4.69, 9.17) is 4.74 Å². The molecule has 0 saturated carbocycles. The average molecular weight is 326 g/mol. The number of fused-ring (bicyclic) bond motifs is 1. The van der Waals surface area contributed by atoms with E-state index in [9.17, 15) is 4.79 Å². The number of benzene rings is 1. The minimum Gasteiger partial charge on any atom is -0.370 e. The first-order valence-electron chi connectivity index (χ1n) is 9.08. The first kappa shape index (κ1) is 15.9. The molecule has 0 aromatic heterocycles. The van der Waals surface area contributed by atoms with Crippen LogP contribution >= 0.6 is 0 Å². The van der Waals surface area contributed by atoms with Gasteiger partial charge in [-0.15, -0.1) is 0 Å². The molecule has 1 aromatic rings. The van der Waals surface area contributed by atoms with Gasteiger partial charge >= 0.3 is 0 Å². The highest BCUT2D eigenvalue weighted by Crippen LogP contribution is 2.33. The molecule has 1 saturated heterocycles. The second-order valence-corrected chi connectivity index (χ2v) is 7.35. The third kappa shape index (κ3) is 3.01. The number of carbonyl (C=O) groups is 1. The van der Waals surface area contributed by atoms with Gasteiger partial charge in [-0.1, -0.05) is 29.8 Å². The fourth-order valence-electron chi connectivity index (χ4n) is 4.23. The number of hydrogen-bond acceptors (Lipinski definition) is 3. The van der Waals surface area contributed by atoms with Crippen LogP contribution in [0.4, 0.5) is 5.69 Å². The molecule has 0 unspecified atom stereocenters. The summed E-state index contributed by atoms with van der Waals surface area (Å²) in [5.74, 6) is 0.229. The fourth-order valence-corrected chi connectivity index (χ4v) is 4.23. The van der Waals surface area contributed by atoms with E-state index in [2.05, 4.69) is 36.1 Å². The van der Waals surface area contributed by atoms with Crippen molar-refractivity contribution in [1.29, 1.82) is 0 Å². The Morgan fingerprint density at radius 1 is 1.17 bits per heavy atom. The number of hydrogen-bond donors (Lipinski definition) is 0. The van der Waals surface area contributed by atoms with Crippen molar-refractivity contribution in [3.8, 4) is 0 Å². The van der Waals surface area contributed by atoms with Crippen LogP contribution in [0.3, 0.4) is 0 Å². The van der Waals surface area contributed by atoms with E-state index in [0.29, 0.717) is 6.54 Å². The van der Waals surface area contributed by atoms with Gasteiger partial charge in [-0.2, -0.15) is 0 Å². The van der Waals surface area contributed by atoms with Crippen molar-refractivity contribution in [3.05, 3.63) is 41.5 Å². The lowest BCUT2D eigenvalue weighted by Crippen LogP contribution is -2.49. The standard InChI is InChI=1S/C20H26N2O2/c1-16-7-13-24-20(14-16)8-11-21(12-9-20)15-19(23)22-10-6-17-4-2-3-5-18(17)22/h2-5,14H,6-13,15H2,1H3. The summed E-state index contributed by atoms with van der Waals surface area (Å²) >= 11 is 0. The van der Waals surface area contributed by atoms with Crippen LogP contribution in [-0.2, 0) is 16.0 Å². The highest BCUT2D eigenvalue weighted by atomic mass is 16.5. The Kier molecular flexibility index (Phi) is 4.19. The molecule has 0 N–H and O–H groups in total.